The molecule has 0 fully saturated rings. The van der Waals surface area contributed by atoms with Gasteiger partial charge in [-0.2, -0.15) is 13.2 Å². The predicted molar refractivity (Wildman–Crippen MR) is 92.7 cm³/mol. The molecule has 0 atom stereocenters. The van der Waals surface area contributed by atoms with Crippen LogP contribution in [0.5, 0.6) is 0 Å². The van der Waals surface area contributed by atoms with Gasteiger partial charge in [-0.05, 0) is 19.4 Å². The molecule has 2 aromatic rings. The van der Waals surface area contributed by atoms with Gasteiger partial charge in [0.05, 0.1) is 11.1 Å². The molecule has 7 nitrogen and oxygen atoms in total. The number of amides is 3. The third-order valence-electron chi connectivity index (χ3n) is 3.40. The van der Waals surface area contributed by atoms with Crippen LogP contribution in [0.3, 0.4) is 0 Å². The van der Waals surface area contributed by atoms with Crippen LogP contribution in [0.15, 0.2) is 9.95 Å². The van der Waals surface area contributed by atoms with E-state index in [0.717, 1.165) is 22.2 Å². The summed E-state index contributed by atoms with van der Waals surface area (Å²) in [5, 5.41) is 4.11. The minimum atomic E-state index is -4.57. The number of imide groups is 1. The summed E-state index contributed by atoms with van der Waals surface area (Å²) in [5.41, 5.74) is 0.608. The van der Waals surface area contributed by atoms with E-state index < -0.39 is 24.7 Å². The van der Waals surface area contributed by atoms with Crippen molar-refractivity contribution >= 4 is 45.3 Å². The molecule has 0 aromatic carbocycles. The average Bonchev–Trinajstić information content (AvgIpc) is 2.81. The largest absolute Gasteiger partial charge is 0.405 e. The van der Waals surface area contributed by atoms with E-state index in [1.807, 2.05) is 13.8 Å². The Morgan fingerprint density at radius 2 is 1.96 bits per heavy atom. The molecular formula is C14H15F3N4O3S2. The monoisotopic (exact) mass is 408 g/mol. The Hall–Kier alpha value is -2.08. The molecule has 0 bridgehead atoms. The molecule has 2 N–H and O–H groups in total. The number of rotatable bonds is 4. The molecule has 0 aliphatic carbocycles. The molecule has 2 rings (SSSR count). The number of fused-ring (bicyclic) bond motifs is 1. The van der Waals surface area contributed by atoms with Crippen molar-refractivity contribution in [2.75, 3.05) is 12.3 Å². The van der Waals surface area contributed by atoms with Crippen LogP contribution in [0.25, 0.3) is 10.2 Å². The lowest BCUT2D eigenvalue weighted by atomic mass is 10.2. The van der Waals surface area contributed by atoms with Crippen molar-refractivity contribution in [2.24, 2.45) is 7.05 Å². The number of aryl methyl sites for hydroxylation is 2. The number of thioether (sulfide) groups is 1. The van der Waals surface area contributed by atoms with Crippen molar-refractivity contribution in [2.45, 2.75) is 25.2 Å². The summed E-state index contributed by atoms with van der Waals surface area (Å²) < 4.78 is 37.3. The zero-order valence-electron chi connectivity index (χ0n) is 14.0. The van der Waals surface area contributed by atoms with E-state index in [0.29, 0.717) is 10.2 Å². The molecule has 0 radical (unpaired) electrons. The molecule has 142 valence electrons. The summed E-state index contributed by atoms with van der Waals surface area (Å²) in [6, 6.07) is -1.24. The van der Waals surface area contributed by atoms with Gasteiger partial charge in [0.2, 0.25) is 5.91 Å². The maximum absolute atomic E-state index is 12.4. The van der Waals surface area contributed by atoms with Crippen molar-refractivity contribution in [1.29, 1.82) is 0 Å². The van der Waals surface area contributed by atoms with Crippen molar-refractivity contribution in [1.82, 2.24) is 20.2 Å². The van der Waals surface area contributed by atoms with Gasteiger partial charge in [-0.3, -0.25) is 19.5 Å². The second kappa shape index (κ2) is 7.66. The number of halogens is 3. The van der Waals surface area contributed by atoms with E-state index in [1.54, 1.807) is 5.32 Å². The first-order valence-electron chi connectivity index (χ1n) is 7.23. The molecule has 0 unspecified atom stereocenters. The number of nitrogens with zero attached hydrogens (tertiary/aromatic N) is 2. The summed E-state index contributed by atoms with van der Waals surface area (Å²) in [6.07, 6.45) is -4.57. The second-order valence-corrected chi connectivity index (χ2v) is 7.50. The molecule has 0 aliphatic heterocycles. The Balaban J connectivity index is 2.03. The fourth-order valence-electron chi connectivity index (χ4n) is 2.00. The van der Waals surface area contributed by atoms with Gasteiger partial charge in [-0.1, -0.05) is 11.8 Å². The minimum absolute atomic E-state index is 0.248. The Morgan fingerprint density at radius 3 is 2.58 bits per heavy atom. The lowest BCUT2D eigenvalue weighted by Gasteiger charge is -2.09. The topological polar surface area (TPSA) is 93.1 Å². The highest BCUT2D eigenvalue weighted by Gasteiger charge is 2.28. The molecular weight excluding hydrogens is 393 g/mol. The number of thiophene rings is 1. The number of aromatic nitrogens is 2. The van der Waals surface area contributed by atoms with E-state index >= 15 is 0 Å². The summed E-state index contributed by atoms with van der Waals surface area (Å²) >= 11 is 2.27. The van der Waals surface area contributed by atoms with Gasteiger partial charge in [-0.25, -0.2) is 9.78 Å². The predicted octanol–water partition coefficient (Wildman–Crippen LogP) is 2.09. The highest BCUT2D eigenvalue weighted by Crippen LogP contribution is 2.27. The van der Waals surface area contributed by atoms with Crippen LogP contribution >= 0.6 is 23.1 Å². The fourth-order valence-corrected chi connectivity index (χ4v) is 3.84. The Morgan fingerprint density at radius 1 is 1.31 bits per heavy atom. The van der Waals surface area contributed by atoms with E-state index in [1.165, 1.54) is 28.3 Å². The third kappa shape index (κ3) is 4.75. The van der Waals surface area contributed by atoms with Gasteiger partial charge in [0, 0.05) is 11.9 Å². The van der Waals surface area contributed by atoms with Crippen LogP contribution in [0, 0.1) is 13.8 Å². The second-order valence-electron chi connectivity index (χ2n) is 5.36. The Kier molecular flexibility index (Phi) is 5.96. The average molecular weight is 408 g/mol. The first kappa shape index (κ1) is 20.2. The SMILES string of the molecule is Cc1sc2nc(SCC(=O)NC(=O)NCC(F)(F)F)n(C)c(=O)c2c1C. The van der Waals surface area contributed by atoms with Gasteiger partial charge in [0.1, 0.15) is 11.4 Å². The number of carbonyl (C=O) groups excluding carboxylic acids is 2. The minimum Gasteiger partial charge on any atom is -0.329 e. The molecule has 0 aliphatic rings. The normalized spacial score (nSPS) is 11.6. The van der Waals surface area contributed by atoms with Gasteiger partial charge >= 0.3 is 12.2 Å². The molecule has 0 saturated heterocycles. The van der Waals surface area contributed by atoms with Crippen molar-refractivity contribution in [3.8, 4) is 0 Å². The van der Waals surface area contributed by atoms with Crippen LogP contribution in [0.2, 0.25) is 0 Å². The van der Waals surface area contributed by atoms with Crippen molar-refractivity contribution in [3.63, 3.8) is 0 Å². The maximum Gasteiger partial charge on any atom is 0.405 e. The highest BCUT2D eigenvalue weighted by atomic mass is 32.2. The van der Waals surface area contributed by atoms with E-state index in [2.05, 4.69) is 4.98 Å². The van der Waals surface area contributed by atoms with Crippen LogP contribution in [-0.4, -0.2) is 40.0 Å². The lowest BCUT2D eigenvalue weighted by Crippen LogP contribution is -2.44. The number of urea groups is 1. The fraction of sp³-hybridized carbons (Fsp3) is 0.429. The molecule has 12 heteroatoms. The summed E-state index contributed by atoms with van der Waals surface area (Å²) in [5.74, 6) is -1.09. The van der Waals surface area contributed by atoms with E-state index in [-0.39, 0.29) is 16.5 Å². The smallest absolute Gasteiger partial charge is 0.329 e. The first-order valence-corrected chi connectivity index (χ1v) is 9.03. The molecule has 3 amide bonds. The number of carbonyl (C=O) groups is 2. The summed E-state index contributed by atoms with van der Waals surface area (Å²) in [7, 11) is 1.51. The molecule has 26 heavy (non-hydrogen) atoms. The molecule has 2 aromatic heterocycles. The standard InChI is InChI=1S/C14H15F3N4O3S2/c1-6-7(2)26-10-9(6)11(23)21(3)13(20-10)25-4-8(22)19-12(24)18-5-14(15,16)17/h4-5H2,1-3H3,(H2,18,19,22,24). The van der Waals surface area contributed by atoms with E-state index in [4.69, 9.17) is 0 Å². The van der Waals surface area contributed by atoms with Crippen molar-refractivity contribution < 1.29 is 22.8 Å². The number of alkyl halides is 3. The number of hydrogen-bond acceptors (Lipinski definition) is 6. The van der Waals surface area contributed by atoms with Crippen LogP contribution < -0.4 is 16.2 Å². The van der Waals surface area contributed by atoms with Gasteiger partial charge in [-0.15, -0.1) is 11.3 Å². The number of hydrogen-bond donors (Lipinski definition) is 2. The molecule has 0 spiro atoms. The maximum atomic E-state index is 12.4. The van der Waals surface area contributed by atoms with E-state index in [9.17, 15) is 27.6 Å². The van der Waals surface area contributed by atoms with Crippen molar-refractivity contribution in [3.05, 3.63) is 20.8 Å². The Labute approximate surface area is 154 Å². The molecule has 0 saturated carbocycles. The third-order valence-corrected chi connectivity index (χ3v) is 5.54. The van der Waals surface area contributed by atoms with Gasteiger partial charge in [0.25, 0.3) is 5.56 Å². The van der Waals surface area contributed by atoms with Crippen LogP contribution in [0.1, 0.15) is 10.4 Å². The lowest BCUT2D eigenvalue weighted by molar-refractivity contribution is -0.124. The summed E-state index contributed by atoms with van der Waals surface area (Å²) in [6.45, 7) is 2.17. The van der Waals surface area contributed by atoms with Gasteiger partial charge in [0.15, 0.2) is 5.16 Å². The van der Waals surface area contributed by atoms with Crippen LogP contribution in [0.4, 0.5) is 18.0 Å². The van der Waals surface area contributed by atoms with Gasteiger partial charge < -0.3 is 5.32 Å². The first-order chi connectivity index (χ1) is 12.0. The quantitative estimate of drug-likeness (QED) is 0.597. The number of nitrogens with one attached hydrogen (secondary N) is 2. The zero-order chi connectivity index (χ0) is 19.6. The highest BCUT2D eigenvalue weighted by molar-refractivity contribution is 7.99. The molecule has 2 heterocycles. The Bertz CT molecular complexity index is 921. The van der Waals surface area contributed by atoms with Crippen LogP contribution in [-0.2, 0) is 11.8 Å². The summed E-state index contributed by atoms with van der Waals surface area (Å²) in [4.78, 5) is 41.2. The zero-order valence-corrected chi connectivity index (χ0v) is 15.6.